The minimum absolute atomic E-state index is 0.0245. The van der Waals surface area contributed by atoms with Crippen molar-refractivity contribution in [1.82, 2.24) is 19.7 Å². The van der Waals surface area contributed by atoms with Crippen molar-refractivity contribution in [2.24, 2.45) is 0 Å². The maximum absolute atomic E-state index is 15.4. The summed E-state index contributed by atoms with van der Waals surface area (Å²) in [4.78, 5) is 18.3. The number of nitrogens with zero attached hydrogens (tertiary/aromatic N) is 4. The van der Waals surface area contributed by atoms with E-state index in [0.717, 1.165) is 40.1 Å². The highest BCUT2D eigenvalue weighted by Crippen LogP contribution is 2.41. The lowest BCUT2D eigenvalue weighted by Gasteiger charge is -2.23. The van der Waals surface area contributed by atoms with Crippen molar-refractivity contribution in [3.8, 4) is 16.9 Å². The minimum Gasteiger partial charge on any atom is -0.490 e. The summed E-state index contributed by atoms with van der Waals surface area (Å²) in [6.07, 6.45) is 2.29. The molecular formula is C26H26FN7O2. The lowest BCUT2D eigenvalue weighted by molar-refractivity contribution is -0.130. The minimum atomic E-state index is -0.475. The van der Waals surface area contributed by atoms with Gasteiger partial charge < -0.3 is 26.0 Å². The number of hydrogen-bond donors (Lipinski definition) is 3. The van der Waals surface area contributed by atoms with Gasteiger partial charge in [0.2, 0.25) is 5.91 Å². The third-order valence-electron chi connectivity index (χ3n) is 6.91. The van der Waals surface area contributed by atoms with E-state index in [9.17, 15) is 4.79 Å². The number of ether oxygens (including phenoxy) is 1. The van der Waals surface area contributed by atoms with Crippen LogP contribution in [-0.2, 0) is 17.8 Å². The number of anilines is 4. The molecule has 4 aromatic rings. The summed E-state index contributed by atoms with van der Waals surface area (Å²) >= 11 is 0. The van der Waals surface area contributed by atoms with Gasteiger partial charge in [-0.05, 0) is 41.6 Å². The van der Waals surface area contributed by atoms with Crippen LogP contribution in [0.5, 0.6) is 5.75 Å². The van der Waals surface area contributed by atoms with Gasteiger partial charge in [0.25, 0.3) is 0 Å². The van der Waals surface area contributed by atoms with Crippen LogP contribution in [0.2, 0.25) is 0 Å². The number of nitrogen functional groups attached to an aromatic ring is 1. The van der Waals surface area contributed by atoms with E-state index in [4.69, 9.17) is 10.5 Å². The number of amides is 1. The maximum atomic E-state index is 15.4. The number of fused-ring (bicyclic) bond motifs is 3. The van der Waals surface area contributed by atoms with Crippen molar-refractivity contribution in [2.45, 2.75) is 19.9 Å². The van der Waals surface area contributed by atoms with E-state index in [1.54, 1.807) is 28.9 Å². The number of carbonyl (C=O) groups is 1. The van der Waals surface area contributed by atoms with Gasteiger partial charge in [0.1, 0.15) is 24.7 Å². The summed E-state index contributed by atoms with van der Waals surface area (Å²) in [6.45, 7) is 4.09. The molecule has 10 heteroatoms. The molecule has 0 spiro atoms. The predicted octanol–water partition coefficient (Wildman–Crippen LogP) is 3.69. The molecule has 2 aromatic carbocycles. The molecule has 0 bridgehead atoms. The Labute approximate surface area is 207 Å². The smallest absolute Gasteiger partial charge is 0.244 e. The van der Waals surface area contributed by atoms with Gasteiger partial charge in [0, 0.05) is 55.5 Å². The Kier molecular flexibility index (Phi) is 5.17. The highest BCUT2D eigenvalue weighted by atomic mass is 19.1. The molecule has 0 fully saturated rings. The number of aromatic nitrogens is 3. The molecule has 0 atom stereocenters. The van der Waals surface area contributed by atoms with Gasteiger partial charge in [-0.25, -0.2) is 9.37 Å². The first-order valence-corrected chi connectivity index (χ1v) is 11.8. The molecule has 0 saturated heterocycles. The zero-order valence-corrected chi connectivity index (χ0v) is 20.1. The second-order valence-corrected chi connectivity index (χ2v) is 9.20. The Bertz CT molecular complexity index is 1530. The summed E-state index contributed by atoms with van der Waals surface area (Å²) in [5.41, 5.74) is 10.2. The van der Waals surface area contributed by atoms with Crippen molar-refractivity contribution in [2.75, 3.05) is 43.1 Å². The highest BCUT2D eigenvalue weighted by molar-refractivity contribution is 5.98. The molecule has 0 saturated carbocycles. The van der Waals surface area contributed by atoms with Crippen LogP contribution in [0.1, 0.15) is 11.3 Å². The number of rotatable bonds is 3. The Morgan fingerprint density at radius 3 is 2.92 bits per heavy atom. The fourth-order valence-corrected chi connectivity index (χ4v) is 4.86. The molecular weight excluding hydrogens is 461 g/mol. The maximum Gasteiger partial charge on any atom is 0.244 e. The topological polar surface area (TPSA) is 110 Å². The van der Waals surface area contributed by atoms with Crippen molar-refractivity contribution in [1.29, 1.82) is 0 Å². The third kappa shape index (κ3) is 3.65. The van der Waals surface area contributed by atoms with Gasteiger partial charge in [-0.1, -0.05) is 6.07 Å². The number of benzene rings is 2. The summed E-state index contributed by atoms with van der Waals surface area (Å²) in [7, 11) is 1.80. The summed E-state index contributed by atoms with van der Waals surface area (Å²) in [5.74, 6) is 1.46. The van der Waals surface area contributed by atoms with Gasteiger partial charge in [0.15, 0.2) is 11.6 Å². The first-order chi connectivity index (χ1) is 17.4. The van der Waals surface area contributed by atoms with Gasteiger partial charge in [-0.15, -0.1) is 0 Å². The molecule has 4 N–H and O–H groups in total. The van der Waals surface area contributed by atoms with E-state index in [1.807, 2.05) is 31.2 Å². The molecule has 0 unspecified atom stereocenters. The molecule has 184 valence electrons. The van der Waals surface area contributed by atoms with E-state index in [2.05, 4.69) is 20.7 Å². The van der Waals surface area contributed by atoms with Crippen molar-refractivity contribution in [3.63, 3.8) is 0 Å². The van der Waals surface area contributed by atoms with E-state index in [1.165, 1.54) is 0 Å². The van der Waals surface area contributed by atoms with Crippen LogP contribution < -0.4 is 21.1 Å². The Morgan fingerprint density at radius 1 is 1.19 bits per heavy atom. The van der Waals surface area contributed by atoms with Gasteiger partial charge in [0.05, 0.1) is 11.4 Å². The SMILES string of the molecule is Cc1c(-c2cc3cc(Nc4cc5n(n4)CC(=O)N(C)CC5)ncc3c(N)c2F)ccc2c1NCCO2. The van der Waals surface area contributed by atoms with E-state index in [-0.39, 0.29) is 18.1 Å². The second-order valence-electron chi connectivity index (χ2n) is 9.20. The fourth-order valence-electron chi connectivity index (χ4n) is 4.86. The number of carbonyl (C=O) groups excluding carboxylic acids is 1. The summed E-state index contributed by atoms with van der Waals surface area (Å²) < 4.78 is 22.9. The van der Waals surface area contributed by atoms with Gasteiger partial charge >= 0.3 is 0 Å². The van der Waals surface area contributed by atoms with Crippen LogP contribution in [0, 0.1) is 12.7 Å². The number of nitrogens with two attached hydrogens (primary N) is 1. The molecule has 4 heterocycles. The van der Waals surface area contributed by atoms with Crippen LogP contribution in [0.25, 0.3) is 21.9 Å². The van der Waals surface area contributed by atoms with Crippen LogP contribution >= 0.6 is 0 Å². The van der Waals surface area contributed by atoms with E-state index >= 15 is 4.39 Å². The van der Waals surface area contributed by atoms with Crippen molar-refractivity contribution >= 4 is 39.7 Å². The second kappa shape index (κ2) is 8.40. The third-order valence-corrected chi connectivity index (χ3v) is 6.91. The number of hydrogen-bond acceptors (Lipinski definition) is 7. The van der Waals surface area contributed by atoms with E-state index in [0.29, 0.717) is 42.3 Å². The fraction of sp³-hybridized carbons (Fsp3) is 0.269. The molecule has 2 aromatic heterocycles. The Morgan fingerprint density at radius 2 is 2.06 bits per heavy atom. The number of likely N-dealkylation sites (N-methyl/N-ethyl adjacent to an activating group) is 1. The predicted molar refractivity (Wildman–Crippen MR) is 137 cm³/mol. The average Bonchev–Trinajstić information content (AvgIpc) is 3.19. The van der Waals surface area contributed by atoms with Crippen LogP contribution in [-0.4, -0.2) is 52.3 Å². The lowest BCUT2D eigenvalue weighted by Crippen LogP contribution is -2.29. The quantitative estimate of drug-likeness (QED) is 0.378. The first-order valence-electron chi connectivity index (χ1n) is 11.8. The number of pyridine rings is 1. The zero-order chi connectivity index (χ0) is 25.0. The van der Waals surface area contributed by atoms with Crippen molar-refractivity contribution in [3.05, 3.63) is 53.6 Å². The number of nitrogens with one attached hydrogen (secondary N) is 2. The largest absolute Gasteiger partial charge is 0.490 e. The van der Waals surface area contributed by atoms with Crippen LogP contribution in [0.4, 0.5) is 27.4 Å². The van der Waals surface area contributed by atoms with E-state index < -0.39 is 5.82 Å². The molecule has 36 heavy (non-hydrogen) atoms. The molecule has 1 amide bonds. The monoisotopic (exact) mass is 487 g/mol. The Hall–Kier alpha value is -4.34. The molecule has 0 aliphatic carbocycles. The first kappa shape index (κ1) is 22.1. The summed E-state index contributed by atoms with van der Waals surface area (Å²) in [6, 6.07) is 9.27. The average molecular weight is 488 g/mol. The van der Waals surface area contributed by atoms with Crippen LogP contribution in [0.15, 0.2) is 36.5 Å². The molecule has 0 radical (unpaired) electrons. The normalized spacial score (nSPS) is 15.1. The zero-order valence-electron chi connectivity index (χ0n) is 20.1. The summed E-state index contributed by atoms with van der Waals surface area (Å²) in [5, 5.41) is 12.4. The Balaban J connectivity index is 1.37. The van der Waals surface area contributed by atoms with Gasteiger partial charge in [-0.2, -0.15) is 5.10 Å². The number of halogens is 1. The molecule has 2 aliphatic rings. The van der Waals surface area contributed by atoms with Crippen LogP contribution in [0.3, 0.4) is 0 Å². The molecule has 9 nitrogen and oxygen atoms in total. The highest BCUT2D eigenvalue weighted by Gasteiger charge is 2.21. The lowest BCUT2D eigenvalue weighted by atomic mass is 9.95. The standard InChI is InChI=1S/C26H26FN7O2/c1-14-17(3-4-20-26(14)29-6-8-36-20)18-9-15-10-21(30-12-19(15)25(28)24(18)27)31-22-11-16-5-7-33(2)23(35)13-34(16)32-22/h3-4,9-12,29H,5-8,13,28H2,1-2H3,(H,30,31,32). The molecule has 2 aliphatic heterocycles. The van der Waals surface area contributed by atoms with Crippen molar-refractivity contribution < 1.29 is 13.9 Å². The van der Waals surface area contributed by atoms with Gasteiger partial charge in [-0.3, -0.25) is 9.48 Å². The molecule has 6 rings (SSSR count).